The Balaban J connectivity index is 1.60. The fraction of sp³-hybridized carbons (Fsp3) is 0.500. The van der Waals surface area contributed by atoms with E-state index in [4.69, 9.17) is 16.5 Å². The fourth-order valence-corrected chi connectivity index (χ4v) is 2.90. The summed E-state index contributed by atoms with van der Waals surface area (Å²) >= 11 is 5.87. The van der Waals surface area contributed by atoms with E-state index in [2.05, 4.69) is 12.1 Å². The van der Waals surface area contributed by atoms with Crippen LogP contribution in [0.5, 0.6) is 0 Å². The highest BCUT2D eigenvalue weighted by atomic mass is 35.5. The van der Waals surface area contributed by atoms with Crippen LogP contribution in [0.15, 0.2) is 24.3 Å². The molecule has 0 radical (unpaired) electrons. The van der Waals surface area contributed by atoms with Crippen molar-refractivity contribution in [3.63, 3.8) is 0 Å². The third-order valence-corrected chi connectivity index (χ3v) is 4.06. The van der Waals surface area contributed by atoms with Crippen LogP contribution >= 0.6 is 11.8 Å². The van der Waals surface area contributed by atoms with Gasteiger partial charge < -0.3 is 9.64 Å². The molecule has 1 aromatic carbocycles. The summed E-state index contributed by atoms with van der Waals surface area (Å²) < 4.78 is 7.17. The summed E-state index contributed by atoms with van der Waals surface area (Å²) in [5, 5.41) is 0. The lowest BCUT2D eigenvalue weighted by Crippen LogP contribution is -2.38. The molecular formula is C14H17ClN2O2. The second-order valence-electron chi connectivity index (χ2n) is 5.10. The number of carbonyl (C=O) groups is 1. The average molecular weight is 281 g/mol. The zero-order valence-electron chi connectivity index (χ0n) is 10.7. The van der Waals surface area contributed by atoms with Crippen LogP contribution in [0.25, 0.3) is 0 Å². The van der Waals surface area contributed by atoms with Crippen molar-refractivity contribution in [1.29, 1.82) is 0 Å². The summed E-state index contributed by atoms with van der Waals surface area (Å²) in [6.07, 6.45) is 1.44. The number of hydrogen-bond acceptors (Lipinski definition) is 3. The van der Waals surface area contributed by atoms with Crippen LogP contribution in [0.4, 0.5) is 4.79 Å². The highest BCUT2D eigenvalue weighted by Gasteiger charge is 2.28. The van der Waals surface area contributed by atoms with Gasteiger partial charge >= 0.3 is 6.09 Å². The van der Waals surface area contributed by atoms with E-state index in [1.54, 1.807) is 9.32 Å². The van der Waals surface area contributed by atoms with Gasteiger partial charge in [-0.05, 0) is 35.7 Å². The molecule has 1 fully saturated rings. The van der Waals surface area contributed by atoms with Crippen molar-refractivity contribution in [3.8, 4) is 0 Å². The molecule has 102 valence electrons. The Morgan fingerprint density at radius 2 is 2.05 bits per heavy atom. The normalized spacial score (nSPS) is 23.2. The molecule has 0 N–H and O–H groups in total. The van der Waals surface area contributed by atoms with E-state index in [0.717, 1.165) is 25.9 Å². The number of benzene rings is 1. The largest absolute Gasteiger partial charge is 0.445 e. The van der Waals surface area contributed by atoms with Gasteiger partial charge in [-0.1, -0.05) is 24.3 Å². The van der Waals surface area contributed by atoms with E-state index in [1.165, 1.54) is 11.1 Å². The standard InChI is InChI=1S/C14H17ClN2O2/c15-17-8-6-13(10-17)19-14(18)16-7-5-11-3-1-2-4-12(11)9-16/h1-4,13H,5-10H2/t13-/m1/s1. The molecule has 1 saturated heterocycles. The third kappa shape index (κ3) is 2.85. The first kappa shape index (κ1) is 12.8. The Bertz CT molecular complexity index is 480. The van der Waals surface area contributed by atoms with E-state index in [-0.39, 0.29) is 12.2 Å². The maximum atomic E-state index is 12.1. The van der Waals surface area contributed by atoms with Gasteiger partial charge in [-0.2, -0.15) is 0 Å². The molecule has 2 heterocycles. The van der Waals surface area contributed by atoms with Gasteiger partial charge in [0.15, 0.2) is 0 Å². The molecule has 0 bridgehead atoms. The molecule has 19 heavy (non-hydrogen) atoms. The molecule has 0 unspecified atom stereocenters. The van der Waals surface area contributed by atoms with E-state index in [1.807, 2.05) is 12.1 Å². The number of ether oxygens (including phenoxy) is 1. The van der Waals surface area contributed by atoms with Crippen molar-refractivity contribution in [1.82, 2.24) is 9.32 Å². The highest BCUT2D eigenvalue weighted by Crippen LogP contribution is 2.21. The number of carbonyl (C=O) groups excluding carboxylic acids is 1. The van der Waals surface area contributed by atoms with Crippen LogP contribution in [-0.2, 0) is 17.7 Å². The van der Waals surface area contributed by atoms with E-state index < -0.39 is 0 Å². The Labute approximate surface area is 118 Å². The molecule has 0 spiro atoms. The summed E-state index contributed by atoms with van der Waals surface area (Å²) in [5.74, 6) is 0. The van der Waals surface area contributed by atoms with E-state index in [9.17, 15) is 4.79 Å². The van der Waals surface area contributed by atoms with Gasteiger partial charge in [0.1, 0.15) is 6.10 Å². The summed E-state index contributed by atoms with van der Waals surface area (Å²) in [6, 6.07) is 8.25. The van der Waals surface area contributed by atoms with Gasteiger partial charge in [-0.15, -0.1) is 0 Å². The van der Waals surface area contributed by atoms with E-state index >= 15 is 0 Å². The lowest BCUT2D eigenvalue weighted by atomic mass is 10.0. The van der Waals surface area contributed by atoms with Crippen molar-refractivity contribution in [2.75, 3.05) is 19.6 Å². The Hall–Kier alpha value is -1.26. The molecule has 2 aliphatic rings. The first-order chi connectivity index (χ1) is 9.22. The minimum atomic E-state index is -0.216. The predicted octanol–water partition coefficient (Wildman–Crippen LogP) is 2.41. The average Bonchev–Trinajstić information content (AvgIpc) is 2.83. The topological polar surface area (TPSA) is 32.8 Å². The first-order valence-electron chi connectivity index (χ1n) is 6.65. The van der Waals surface area contributed by atoms with Crippen LogP contribution in [0.2, 0.25) is 0 Å². The van der Waals surface area contributed by atoms with Crippen molar-refractivity contribution >= 4 is 17.9 Å². The van der Waals surface area contributed by atoms with Gasteiger partial charge in [-0.25, -0.2) is 9.21 Å². The number of rotatable bonds is 1. The SMILES string of the molecule is O=C(O[C@@H]1CCN(Cl)C1)N1CCc2ccccc2C1. The van der Waals surface area contributed by atoms with Crippen molar-refractivity contribution in [3.05, 3.63) is 35.4 Å². The Morgan fingerprint density at radius 1 is 1.26 bits per heavy atom. The van der Waals surface area contributed by atoms with Crippen LogP contribution < -0.4 is 0 Å². The van der Waals surface area contributed by atoms with Gasteiger partial charge in [0.25, 0.3) is 0 Å². The Morgan fingerprint density at radius 3 is 2.79 bits per heavy atom. The molecule has 3 rings (SSSR count). The molecule has 1 atom stereocenters. The molecule has 0 saturated carbocycles. The summed E-state index contributed by atoms with van der Waals surface area (Å²) in [4.78, 5) is 13.9. The quantitative estimate of drug-likeness (QED) is 0.741. The Kier molecular flexibility index (Phi) is 3.62. The van der Waals surface area contributed by atoms with Gasteiger partial charge in [0.2, 0.25) is 0 Å². The minimum absolute atomic E-state index is 0.0674. The predicted molar refractivity (Wildman–Crippen MR) is 72.9 cm³/mol. The monoisotopic (exact) mass is 280 g/mol. The second kappa shape index (κ2) is 5.39. The molecule has 5 heteroatoms. The van der Waals surface area contributed by atoms with Gasteiger partial charge in [0, 0.05) is 19.6 Å². The number of halogens is 1. The number of hydrogen-bond donors (Lipinski definition) is 0. The molecule has 0 aromatic heterocycles. The lowest BCUT2D eigenvalue weighted by Gasteiger charge is -2.29. The summed E-state index contributed by atoms with van der Waals surface area (Å²) in [7, 11) is 0. The first-order valence-corrected chi connectivity index (χ1v) is 6.99. The zero-order valence-corrected chi connectivity index (χ0v) is 11.5. The summed E-state index contributed by atoms with van der Waals surface area (Å²) in [6.45, 7) is 2.78. The van der Waals surface area contributed by atoms with Crippen LogP contribution in [0, 0.1) is 0 Å². The van der Waals surface area contributed by atoms with Crippen molar-refractivity contribution in [2.24, 2.45) is 0 Å². The lowest BCUT2D eigenvalue weighted by molar-refractivity contribution is 0.0648. The van der Waals surface area contributed by atoms with Crippen molar-refractivity contribution < 1.29 is 9.53 Å². The number of fused-ring (bicyclic) bond motifs is 1. The van der Waals surface area contributed by atoms with Gasteiger partial charge in [0.05, 0.1) is 6.54 Å². The molecule has 2 aliphatic heterocycles. The maximum Gasteiger partial charge on any atom is 0.410 e. The molecule has 1 aromatic rings. The van der Waals surface area contributed by atoms with E-state index in [0.29, 0.717) is 13.1 Å². The van der Waals surface area contributed by atoms with Crippen LogP contribution in [0.3, 0.4) is 0 Å². The number of amides is 1. The molecule has 1 amide bonds. The maximum absolute atomic E-state index is 12.1. The highest BCUT2D eigenvalue weighted by molar-refractivity contribution is 6.13. The van der Waals surface area contributed by atoms with Gasteiger partial charge in [-0.3, -0.25) is 0 Å². The zero-order chi connectivity index (χ0) is 13.2. The minimum Gasteiger partial charge on any atom is -0.445 e. The van der Waals surface area contributed by atoms with Crippen LogP contribution in [0.1, 0.15) is 17.5 Å². The molecule has 0 aliphatic carbocycles. The smallest absolute Gasteiger partial charge is 0.410 e. The third-order valence-electron chi connectivity index (χ3n) is 3.75. The summed E-state index contributed by atoms with van der Waals surface area (Å²) in [5.41, 5.74) is 2.55. The molecule has 4 nitrogen and oxygen atoms in total. The van der Waals surface area contributed by atoms with Crippen LogP contribution in [-0.4, -0.2) is 41.2 Å². The molecular weight excluding hydrogens is 264 g/mol. The van der Waals surface area contributed by atoms with Crippen molar-refractivity contribution in [2.45, 2.75) is 25.5 Å². The fourth-order valence-electron chi connectivity index (χ4n) is 2.65. The second-order valence-corrected chi connectivity index (χ2v) is 5.58. The number of nitrogens with zero attached hydrogens (tertiary/aromatic N) is 2.